The number of benzene rings is 4. The van der Waals surface area contributed by atoms with Gasteiger partial charge >= 0.3 is 0 Å². The minimum atomic E-state index is -0.654. The number of fused-ring (bicyclic) bond motifs is 2. The summed E-state index contributed by atoms with van der Waals surface area (Å²) in [5.74, 6) is 1.44. The van der Waals surface area contributed by atoms with Crippen molar-refractivity contribution >= 4 is 34.1 Å². The predicted molar refractivity (Wildman–Crippen MR) is 197 cm³/mol. The van der Waals surface area contributed by atoms with E-state index < -0.39 is 16.9 Å². The molecule has 0 spiro atoms. The van der Waals surface area contributed by atoms with E-state index in [1.54, 1.807) is 0 Å². The molecule has 4 N–H and O–H groups in total. The Morgan fingerprint density at radius 1 is 0.647 bits per heavy atom. The minimum Gasteiger partial charge on any atom is -0.508 e. The van der Waals surface area contributed by atoms with E-state index >= 15 is 0 Å². The van der Waals surface area contributed by atoms with Gasteiger partial charge in [0, 0.05) is 29.6 Å². The van der Waals surface area contributed by atoms with Crippen molar-refractivity contribution in [3.8, 4) is 57.3 Å². The lowest BCUT2D eigenvalue weighted by Crippen LogP contribution is -2.02. The third-order valence-electron chi connectivity index (χ3n) is 7.58. The molecule has 4 aromatic carbocycles. The predicted octanol–water partition coefficient (Wildman–Crippen LogP) is 8.12. The highest BCUT2D eigenvalue weighted by Gasteiger charge is 2.17. The molecule has 0 saturated heterocycles. The van der Waals surface area contributed by atoms with E-state index in [9.17, 15) is 25.2 Å². The maximum atomic E-state index is 12.1. The summed E-state index contributed by atoms with van der Waals surface area (Å²) in [4.78, 5) is 16.7. The highest BCUT2D eigenvalue weighted by Crippen LogP contribution is 2.37. The maximum Gasteiger partial charge on any atom is 0.235 e. The van der Waals surface area contributed by atoms with E-state index in [2.05, 4.69) is 11.1 Å². The number of halogens is 1. The average molecular weight is 718 g/mol. The lowest BCUT2D eigenvalue weighted by atomic mass is 10.0. The second-order valence-electron chi connectivity index (χ2n) is 11.0. The molecule has 6 rings (SSSR count). The topological polar surface area (TPSA) is 161 Å². The highest BCUT2D eigenvalue weighted by atomic mass is 35.5. The van der Waals surface area contributed by atoms with Gasteiger partial charge in [0.15, 0.2) is 40.3 Å². The largest absolute Gasteiger partial charge is 0.508 e. The number of aromatic hydroxyl groups is 4. The van der Waals surface area contributed by atoms with Gasteiger partial charge in [0.1, 0.15) is 11.3 Å². The first-order valence-corrected chi connectivity index (χ1v) is 16.2. The van der Waals surface area contributed by atoms with Gasteiger partial charge in [-0.25, -0.2) is 0 Å². The van der Waals surface area contributed by atoms with Crippen LogP contribution in [0.1, 0.15) is 39.0 Å². The average Bonchev–Trinajstić information content (AvgIpc) is 3.10. The molecule has 0 unspecified atom stereocenters. The molecule has 11 nitrogen and oxygen atoms in total. The van der Waals surface area contributed by atoms with E-state index in [4.69, 9.17) is 23.4 Å². The monoisotopic (exact) mass is 717 g/mol. The fraction of sp³-hybridized carbons (Fsp3) is 0.231. The molecule has 0 bridgehead atoms. The molecule has 12 heteroatoms. The fourth-order valence-corrected chi connectivity index (χ4v) is 5.35. The van der Waals surface area contributed by atoms with E-state index in [1.165, 1.54) is 30.3 Å². The van der Waals surface area contributed by atoms with Gasteiger partial charge in [0.25, 0.3) is 0 Å². The Morgan fingerprint density at radius 3 is 1.96 bits per heavy atom. The quantitative estimate of drug-likeness (QED) is 0.0958. The smallest absolute Gasteiger partial charge is 0.235 e. The Kier molecular flexibility index (Phi) is 12.8. The molecule has 51 heavy (non-hydrogen) atoms. The van der Waals surface area contributed by atoms with Crippen molar-refractivity contribution in [2.45, 2.75) is 34.1 Å². The summed E-state index contributed by atoms with van der Waals surface area (Å²) in [5.41, 5.74) is 1.76. The number of phenolic OH excluding ortho intramolecular Hbond substituents is 3. The number of hydrogen-bond donors (Lipinski definition) is 4. The minimum absolute atomic E-state index is 0. The molecule has 2 aromatic heterocycles. The third kappa shape index (κ3) is 8.68. The molecule has 0 aliphatic carbocycles. The standard InChI is InChI=1S/C24H29NO4.C15H10O6.ClH/c1-5-26-21-10-9-17(14-22(21)27-6-2)13-20-19-16-24(29-8-4)23(28-7-3)15-18(19)11-12-25-20;16-8-2-3-9-12(6-8)21-15(14(20)13(9)19)7-1-4-10(17)11(18)5-7;/h9-12,14-16H,5-8,13H2,1-4H3;1-6,16-18,20H;1H. The summed E-state index contributed by atoms with van der Waals surface area (Å²) in [6.45, 7) is 10.3. The van der Waals surface area contributed by atoms with Crippen LogP contribution in [0, 0.1) is 0 Å². The van der Waals surface area contributed by atoms with E-state index in [1.807, 2.05) is 64.2 Å². The van der Waals surface area contributed by atoms with Crippen LogP contribution in [0.15, 0.2) is 88.2 Å². The van der Waals surface area contributed by atoms with E-state index in [0.717, 1.165) is 51.1 Å². The number of nitrogens with zero attached hydrogens (tertiary/aromatic N) is 1. The van der Waals surface area contributed by atoms with Crippen LogP contribution in [0.5, 0.6) is 46.0 Å². The Balaban J connectivity index is 0.000000235. The lowest BCUT2D eigenvalue weighted by molar-refractivity contribution is 0.287. The molecule has 6 aromatic rings. The first kappa shape index (κ1) is 38.0. The zero-order valence-corrected chi connectivity index (χ0v) is 29.5. The van der Waals surface area contributed by atoms with Gasteiger partial charge < -0.3 is 43.8 Å². The second kappa shape index (κ2) is 17.2. The summed E-state index contributed by atoms with van der Waals surface area (Å²) in [6.07, 6.45) is 2.52. The summed E-state index contributed by atoms with van der Waals surface area (Å²) < 4.78 is 28.4. The molecule has 0 radical (unpaired) electrons. The number of aromatic nitrogens is 1. The molecule has 2 heterocycles. The van der Waals surface area contributed by atoms with Crippen LogP contribution in [-0.2, 0) is 6.42 Å². The van der Waals surface area contributed by atoms with Gasteiger partial charge in [0.2, 0.25) is 11.2 Å². The molecule has 0 fully saturated rings. The van der Waals surface area contributed by atoms with E-state index in [-0.39, 0.29) is 46.2 Å². The normalized spacial score (nSPS) is 10.6. The van der Waals surface area contributed by atoms with Gasteiger partial charge in [-0.3, -0.25) is 9.78 Å². The Morgan fingerprint density at radius 2 is 1.29 bits per heavy atom. The maximum absolute atomic E-state index is 12.1. The highest BCUT2D eigenvalue weighted by molar-refractivity contribution is 5.88. The zero-order valence-electron chi connectivity index (χ0n) is 28.6. The van der Waals surface area contributed by atoms with Crippen molar-refractivity contribution in [3.05, 3.63) is 100 Å². The van der Waals surface area contributed by atoms with Crippen molar-refractivity contribution in [1.82, 2.24) is 4.98 Å². The molecule has 0 atom stereocenters. The van der Waals surface area contributed by atoms with Crippen molar-refractivity contribution < 1.29 is 43.8 Å². The Hall–Kier alpha value is -5.81. The van der Waals surface area contributed by atoms with Gasteiger partial charge in [-0.15, -0.1) is 12.4 Å². The van der Waals surface area contributed by atoms with E-state index in [0.29, 0.717) is 32.8 Å². The molecular weight excluding hydrogens is 678 g/mol. The number of hydrogen-bond acceptors (Lipinski definition) is 11. The fourth-order valence-electron chi connectivity index (χ4n) is 5.35. The van der Waals surface area contributed by atoms with Crippen LogP contribution in [0.4, 0.5) is 0 Å². The third-order valence-corrected chi connectivity index (χ3v) is 7.58. The van der Waals surface area contributed by atoms with Crippen LogP contribution in [-0.4, -0.2) is 51.8 Å². The summed E-state index contributed by atoms with van der Waals surface area (Å²) in [6, 6.07) is 19.8. The molecule has 268 valence electrons. The summed E-state index contributed by atoms with van der Waals surface area (Å²) in [7, 11) is 0. The Labute approximate surface area is 300 Å². The first-order chi connectivity index (χ1) is 24.2. The van der Waals surface area contributed by atoms with Crippen molar-refractivity contribution in [2.75, 3.05) is 26.4 Å². The van der Waals surface area contributed by atoms with Crippen LogP contribution >= 0.6 is 12.4 Å². The summed E-state index contributed by atoms with van der Waals surface area (Å²) >= 11 is 0. The van der Waals surface area contributed by atoms with Crippen molar-refractivity contribution in [3.63, 3.8) is 0 Å². The molecular formula is C39H40ClNO10. The van der Waals surface area contributed by atoms with Crippen molar-refractivity contribution in [2.24, 2.45) is 0 Å². The summed E-state index contributed by atoms with van der Waals surface area (Å²) in [5, 5.41) is 40.4. The second-order valence-corrected chi connectivity index (χ2v) is 11.0. The number of pyridine rings is 1. The lowest BCUT2D eigenvalue weighted by Gasteiger charge is -2.15. The van der Waals surface area contributed by atoms with Crippen molar-refractivity contribution in [1.29, 1.82) is 0 Å². The number of rotatable bonds is 11. The molecule has 0 amide bonds. The van der Waals surface area contributed by atoms with Crippen LogP contribution in [0.25, 0.3) is 33.1 Å². The zero-order chi connectivity index (χ0) is 35.8. The van der Waals surface area contributed by atoms with Crippen LogP contribution < -0.4 is 24.4 Å². The molecule has 0 aliphatic rings. The Bertz CT molecular complexity index is 2180. The van der Waals surface area contributed by atoms with Gasteiger partial charge in [-0.2, -0.15) is 0 Å². The van der Waals surface area contributed by atoms with Gasteiger partial charge in [-0.05, 0) is 99.3 Å². The SMILES string of the molecule is CCOc1ccc(Cc2nccc3cc(OCC)c(OCC)cc23)cc1OCC.Cl.O=c1c(O)c(-c2ccc(O)c(O)c2)oc2cc(O)ccc12. The van der Waals surface area contributed by atoms with Gasteiger partial charge in [-0.1, -0.05) is 6.07 Å². The number of phenols is 3. The van der Waals surface area contributed by atoms with Crippen LogP contribution in [0.3, 0.4) is 0 Å². The first-order valence-electron chi connectivity index (χ1n) is 16.2. The molecule has 0 saturated carbocycles. The number of ether oxygens (including phenoxy) is 4. The van der Waals surface area contributed by atoms with Gasteiger partial charge in [0.05, 0.1) is 37.5 Å². The van der Waals surface area contributed by atoms with Crippen LogP contribution in [0.2, 0.25) is 0 Å². The molecule has 0 aliphatic heterocycles.